The Bertz CT molecular complexity index is 1020. The number of aromatic nitrogens is 4. The summed E-state index contributed by atoms with van der Waals surface area (Å²) < 4.78 is 70.6. The topological polar surface area (TPSA) is 97.5 Å². The summed E-state index contributed by atoms with van der Waals surface area (Å²) in [4.78, 5) is 4.21. The Morgan fingerprint density at radius 1 is 1.21 bits per heavy atom. The number of para-hydroxylation sites is 2. The fourth-order valence-electron chi connectivity index (χ4n) is 2.08. The maximum Gasteiger partial charge on any atom is 0.452 e. The summed E-state index contributed by atoms with van der Waals surface area (Å²) in [6, 6.07) is 6.17. The van der Waals surface area contributed by atoms with E-state index in [1.807, 2.05) is 0 Å². The monoisotopic (exact) mass is 378 g/mol. The molecule has 0 fully saturated rings. The van der Waals surface area contributed by atoms with Crippen LogP contribution in [0.3, 0.4) is 0 Å². The predicted octanol–water partition coefficient (Wildman–Crippen LogP) is 2.28. The average molecular weight is 378 g/mol. The van der Waals surface area contributed by atoms with E-state index in [9.17, 15) is 21.6 Å². The average Bonchev–Trinajstić information content (AvgIpc) is 2.91. The maximum atomic E-state index is 13.2. The lowest BCUT2D eigenvalue weighted by Gasteiger charge is -2.09. The second kappa shape index (κ2) is 5.86. The van der Waals surface area contributed by atoms with E-state index in [-0.39, 0.29) is 27.5 Å². The third-order valence-corrected chi connectivity index (χ3v) is 4.97. The van der Waals surface area contributed by atoms with Gasteiger partial charge in [0.15, 0.2) is 5.65 Å². The summed E-state index contributed by atoms with van der Waals surface area (Å²) in [5, 5.41) is 6.85. The van der Waals surface area contributed by atoms with Gasteiger partial charge in [0.05, 0.1) is 16.8 Å². The van der Waals surface area contributed by atoms with Gasteiger partial charge in [-0.25, -0.2) is 4.98 Å². The van der Waals surface area contributed by atoms with Crippen LogP contribution < -0.4 is 0 Å². The van der Waals surface area contributed by atoms with Gasteiger partial charge >= 0.3 is 6.18 Å². The first-order valence-corrected chi connectivity index (χ1v) is 9.05. The normalized spacial score (nSPS) is 13.0. The highest BCUT2D eigenvalue weighted by Crippen LogP contribution is 2.32. The number of halogens is 3. The molecule has 0 aliphatic heterocycles. The van der Waals surface area contributed by atoms with E-state index in [0.29, 0.717) is 0 Å². The van der Waals surface area contributed by atoms with Crippen molar-refractivity contribution in [2.75, 3.05) is 11.5 Å². The number of benzene rings is 1. The summed E-state index contributed by atoms with van der Waals surface area (Å²) in [7, 11) is -4.18. The van der Waals surface area contributed by atoms with E-state index >= 15 is 0 Å². The minimum Gasteiger partial charge on any atom is -0.286 e. The van der Waals surface area contributed by atoms with Crippen LogP contribution in [0.1, 0.15) is 5.82 Å². The lowest BCUT2D eigenvalue weighted by atomic mass is 10.3. The quantitative estimate of drug-likeness (QED) is 0.549. The van der Waals surface area contributed by atoms with Gasteiger partial charge < -0.3 is 0 Å². The molecule has 3 aromatic rings. The molecule has 24 heavy (non-hydrogen) atoms. The van der Waals surface area contributed by atoms with Crippen molar-refractivity contribution in [2.24, 2.45) is 0 Å². The highest BCUT2D eigenvalue weighted by Gasteiger charge is 2.38. The third kappa shape index (κ3) is 3.30. The van der Waals surface area contributed by atoms with Gasteiger partial charge in [-0.15, -0.1) is 22.0 Å². The Morgan fingerprint density at radius 3 is 2.58 bits per heavy atom. The molecule has 0 saturated carbocycles. The number of thioether (sulfide) groups is 1. The molecular formula is C12H9F3N4O3S2. The Kier molecular flexibility index (Phi) is 4.13. The van der Waals surface area contributed by atoms with Gasteiger partial charge in [0, 0.05) is 5.75 Å². The molecule has 0 aliphatic carbocycles. The van der Waals surface area contributed by atoms with Crippen LogP contribution >= 0.6 is 11.8 Å². The standard InChI is InChI=1S/C12H9F3N4O3S2/c13-12(14,15)11-18-17-9-10(23-5-6-24(20,21)22)16-7-3-1-2-4-8(7)19(9)11/h1-4H,5-6H2,(H,20,21,22). The highest BCUT2D eigenvalue weighted by atomic mass is 32.2. The summed E-state index contributed by atoms with van der Waals surface area (Å²) in [5.41, 5.74) is 0.343. The van der Waals surface area contributed by atoms with Crippen LogP contribution in [0, 0.1) is 0 Å². The van der Waals surface area contributed by atoms with Crippen molar-refractivity contribution in [1.29, 1.82) is 0 Å². The molecule has 0 aliphatic rings. The summed E-state index contributed by atoms with van der Waals surface area (Å²) in [6.07, 6.45) is -4.71. The number of nitrogens with zero attached hydrogens (tertiary/aromatic N) is 4. The van der Waals surface area contributed by atoms with Crippen molar-refractivity contribution in [3.63, 3.8) is 0 Å². The lowest BCUT2D eigenvalue weighted by Crippen LogP contribution is -2.12. The van der Waals surface area contributed by atoms with E-state index in [1.54, 1.807) is 12.1 Å². The number of rotatable bonds is 4. The SMILES string of the molecule is O=S(=O)(O)CCSc1nc2ccccc2n2c(C(F)(F)F)nnc12. The van der Waals surface area contributed by atoms with Gasteiger partial charge in [0.1, 0.15) is 5.03 Å². The van der Waals surface area contributed by atoms with Crippen molar-refractivity contribution in [3.05, 3.63) is 30.1 Å². The molecule has 2 aromatic heterocycles. The van der Waals surface area contributed by atoms with Crippen molar-refractivity contribution in [3.8, 4) is 0 Å². The molecule has 3 rings (SSSR count). The predicted molar refractivity (Wildman–Crippen MR) is 80.4 cm³/mol. The lowest BCUT2D eigenvalue weighted by molar-refractivity contribution is -0.145. The zero-order valence-electron chi connectivity index (χ0n) is 11.7. The molecule has 0 amide bonds. The van der Waals surface area contributed by atoms with Crippen LogP contribution in [-0.4, -0.2) is 44.1 Å². The van der Waals surface area contributed by atoms with E-state index in [1.165, 1.54) is 12.1 Å². The van der Waals surface area contributed by atoms with Gasteiger partial charge in [0.25, 0.3) is 10.1 Å². The van der Waals surface area contributed by atoms with Gasteiger partial charge in [0.2, 0.25) is 5.82 Å². The van der Waals surface area contributed by atoms with Crippen molar-refractivity contribution in [1.82, 2.24) is 19.6 Å². The molecule has 0 radical (unpaired) electrons. The number of fused-ring (bicyclic) bond motifs is 3. The Balaban J connectivity index is 2.17. The van der Waals surface area contributed by atoms with Gasteiger partial charge in [-0.1, -0.05) is 12.1 Å². The van der Waals surface area contributed by atoms with Crippen LogP contribution in [0.2, 0.25) is 0 Å². The van der Waals surface area contributed by atoms with Crippen LogP contribution in [0.5, 0.6) is 0 Å². The Labute approximate surface area is 137 Å². The van der Waals surface area contributed by atoms with E-state index in [4.69, 9.17) is 4.55 Å². The molecule has 128 valence electrons. The number of hydrogen-bond donors (Lipinski definition) is 1. The zero-order chi connectivity index (χ0) is 17.5. The van der Waals surface area contributed by atoms with Gasteiger partial charge in [-0.2, -0.15) is 21.6 Å². The fraction of sp³-hybridized carbons (Fsp3) is 0.250. The van der Waals surface area contributed by atoms with Crippen molar-refractivity contribution in [2.45, 2.75) is 11.2 Å². The van der Waals surface area contributed by atoms with Crippen LogP contribution in [0.25, 0.3) is 16.7 Å². The third-order valence-electron chi connectivity index (χ3n) is 3.03. The highest BCUT2D eigenvalue weighted by molar-refractivity contribution is 8.00. The second-order valence-corrected chi connectivity index (χ2v) is 7.38. The first-order chi connectivity index (χ1) is 11.2. The Morgan fingerprint density at radius 2 is 1.92 bits per heavy atom. The fourth-order valence-corrected chi connectivity index (χ4v) is 3.88. The summed E-state index contributed by atoms with van der Waals surface area (Å²) in [6.45, 7) is 0. The Hall–Kier alpha value is -1.92. The zero-order valence-corrected chi connectivity index (χ0v) is 13.4. The first kappa shape index (κ1) is 16.9. The molecule has 0 bridgehead atoms. The molecule has 1 aromatic carbocycles. The van der Waals surface area contributed by atoms with Crippen LogP contribution in [0.15, 0.2) is 29.3 Å². The molecule has 0 saturated heterocycles. The first-order valence-electron chi connectivity index (χ1n) is 6.46. The molecular weight excluding hydrogens is 369 g/mol. The van der Waals surface area contributed by atoms with Crippen molar-refractivity contribution >= 4 is 38.6 Å². The van der Waals surface area contributed by atoms with Crippen LogP contribution in [-0.2, 0) is 16.3 Å². The summed E-state index contributed by atoms with van der Waals surface area (Å²) >= 11 is 0.875. The maximum absolute atomic E-state index is 13.2. The summed E-state index contributed by atoms with van der Waals surface area (Å²) in [5.74, 6) is -1.83. The van der Waals surface area contributed by atoms with E-state index in [2.05, 4.69) is 15.2 Å². The molecule has 0 spiro atoms. The molecule has 2 heterocycles. The molecule has 0 atom stereocenters. The minimum absolute atomic E-state index is 0.0892. The van der Waals surface area contributed by atoms with Crippen LogP contribution in [0.4, 0.5) is 13.2 Å². The van der Waals surface area contributed by atoms with E-state index < -0.39 is 27.9 Å². The molecule has 1 N–H and O–H groups in total. The molecule has 12 heteroatoms. The van der Waals surface area contributed by atoms with Gasteiger partial charge in [-0.05, 0) is 12.1 Å². The molecule has 0 unspecified atom stereocenters. The minimum atomic E-state index is -4.71. The smallest absolute Gasteiger partial charge is 0.286 e. The molecule has 7 nitrogen and oxygen atoms in total. The van der Waals surface area contributed by atoms with E-state index in [0.717, 1.165) is 16.2 Å². The second-order valence-electron chi connectivity index (χ2n) is 4.72. The van der Waals surface area contributed by atoms with Gasteiger partial charge in [-0.3, -0.25) is 8.95 Å². The largest absolute Gasteiger partial charge is 0.452 e. The van der Waals surface area contributed by atoms with Crippen molar-refractivity contribution < 1.29 is 26.1 Å². The number of alkyl halides is 3. The number of hydrogen-bond acceptors (Lipinski definition) is 6.